The summed E-state index contributed by atoms with van der Waals surface area (Å²) in [7, 11) is 0. The maximum Gasteiger partial charge on any atom is 0.261 e. The van der Waals surface area contributed by atoms with E-state index in [0.717, 1.165) is 24.9 Å². The van der Waals surface area contributed by atoms with E-state index in [1.165, 1.54) is 11.0 Å². The molecular formula is C20H22Cl2N4O3. The first kappa shape index (κ1) is 22.8. The molecule has 29 heavy (non-hydrogen) atoms. The van der Waals surface area contributed by atoms with Crippen LogP contribution in [0.15, 0.2) is 42.7 Å². The van der Waals surface area contributed by atoms with E-state index in [0.29, 0.717) is 23.7 Å². The van der Waals surface area contributed by atoms with Crippen LogP contribution in [0.2, 0.25) is 0 Å². The van der Waals surface area contributed by atoms with Crippen molar-refractivity contribution in [3.05, 3.63) is 65.0 Å². The number of benzene rings is 1. The minimum absolute atomic E-state index is 0. The molecule has 1 fully saturated rings. The molecule has 9 heteroatoms. The Kier molecular flexibility index (Phi) is 7.73. The topological polar surface area (TPSA) is 91.4 Å². The summed E-state index contributed by atoms with van der Waals surface area (Å²) in [5.74, 6) is -0.952. The molecule has 1 saturated heterocycles. The summed E-state index contributed by atoms with van der Waals surface area (Å²) in [6, 6.07) is 8.49. The SMILES string of the molecule is Cl.Cl.O=C(NCC1CCCN1)c1ccc2c(c1)C(=O)N(Cc1ccncc1)C2=O. The zero-order valence-corrected chi connectivity index (χ0v) is 17.2. The zero-order chi connectivity index (χ0) is 18.8. The van der Waals surface area contributed by atoms with Crippen molar-refractivity contribution in [3.63, 3.8) is 0 Å². The van der Waals surface area contributed by atoms with Crippen molar-refractivity contribution in [1.29, 1.82) is 0 Å². The second-order valence-corrected chi connectivity index (χ2v) is 6.82. The molecule has 4 rings (SSSR count). The molecule has 1 unspecified atom stereocenters. The molecule has 0 bridgehead atoms. The van der Waals surface area contributed by atoms with E-state index in [1.807, 2.05) is 0 Å². The van der Waals surface area contributed by atoms with Gasteiger partial charge in [-0.15, -0.1) is 24.8 Å². The lowest BCUT2D eigenvalue weighted by Crippen LogP contribution is -2.37. The van der Waals surface area contributed by atoms with Gasteiger partial charge in [-0.3, -0.25) is 24.3 Å². The van der Waals surface area contributed by atoms with Crippen LogP contribution in [-0.4, -0.2) is 46.7 Å². The Hall–Kier alpha value is -2.48. The largest absolute Gasteiger partial charge is 0.350 e. The Morgan fingerprint density at radius 2 is 1.83 bits per heavy atom. The molecule has 1 aromatic carbocycles. The normalized spacial score (nSPS) is 17.4. The number of nitrogens with zero attached hydrogens (tertiary/aromatic N) is 2. The number of rotatable bonds is 5. The molecule has 3 amide bonds. The van der Waals surface area contributed by atoms with E-state index in [9.17, 15) is 14.4 Å². The van der Waals surface area contributed by atoms with Gasteiger partial charge in [0.2, 0.25) is 0 Å². The average Bonchev–Trinajstić information content (AvgIpc) is 3.30. The molecule has 1 aromatic heterocycles. The predicted octanol–water partition coefficient (Wildman–Crippen LogP) is 2.20. The summed E-state index contributed by atoms with van der Waals surface area (Å²) in [6.07, 6.45) is 5.40. The highest BCUT2D eigenvalue weighted by atomic mass is 35.5. The number of carbonyl (C=O) groups is 3. The molecule has 0 spiro atoms. The van der Waals surface area contributed by atoms with Crippen LogP contribution >= 0.6 is 24.8 Å². The lowest BCUT2D eigenvalue weighted by Gasteiger charge is -2.13. The van der Waals surface area contributed by atoms with E-state index in [2.05, 4.69) is 15.6 Å². The summed E-state index contributed by atoms with van der Waals surface area (Å²) >= 11 is 0. The van der Waals surface area contributed by atoms with E-state index in [4.69, 9.17) is 0 Å². The van der Waals surface area contributed by atoms with Crippen LogP contribution in [0.25, 0.3) is 0 Å². The standard InChI is InChI=1S/C20H20N4O3.2ClH/c25-18(23-11-15-2-1-7-22-15)14-3-4-16-17(10-14)20(27)24(19(16)26)12-13-5-8-21-9-6-13;;/h3-6,8-10,15,22H,1-2,7,11-12H2,(H,23,25);2*1H. The maximum absolute atomic E-state index is 12.7. The number of aromatic nitrogens is 1. The van der Waals surface area contributed by atoms with Crippen LogP contribution in [0.4, 0.5) is 0 Å². The van der Waals surface area contributed by atoms with Gasteiger partial charge in [0.25, 0.3) is 17.7 Å². The summed E-state index contributed by atoms with van der Waals surface area (Å²) < 4.78 is 0. The highest BCUT2D eigenvalue weighted by Gasteiger charge is 2.36. The van der Waals surface area contributed by atoms with Crippen molar-refractivity contribution < 1.29 is 14.4 Å². The molecular weight excluding hydrogens is 415 g/mol. The quantitative estimate of drug-likeness (QED) is 0.700. The van der Waals surface area contributed by atoms with Crippen molar-refractivity contribution >= 4 is 42.5 Å². The Balaban J connectivity index is 0.00000150. The third kappa shape index (κ3) is 4.75. The molecule has 0 aliphatic carbocycles. The Bertz CT molecular complexity index is 902. The van der Waals surface area contributed by atoms with Gasteiger partial charge in [-0.2, -0.15) is 0 Å². The van der Waals surface area contributed by atoms with E-state index in [1.54, 1.807) is 36.7 Å². The van der Waals surface area contributed by atoms with Crippen molar-refractivity contribution in [1.82, 2.24) is 20.5 Å². The molecule has 7 nitrogen and oxygen atoms in total. The fourth-order valence-corrected chi connectivity index (χ4v) is 3.50. The fourth-order valence-electron chi connectivity index (χ4n) is 3.50. The summed E-state index contributed by atoms with van der Waals surface area (Å²) in [5.41, 5.74) is 1.82. The van der Waals surface area contributed by atoms with Crippen molar-refractivity contribution in [2.24, 2.45) is 0 Å². The van der Waals surface area contributed by atoms with Gasteiger partial charge >= 0.3 is 0 Å². The molecule has 2 aromatic rings. The van der Waals surface area contributed by atoms with Crippen molar-refractivity contribution in [3.8, 4) is 0 Å². The van der Waals surface area contributed by atoms with Crippen LogP contribution < -0.4 is 10.6 Å². The lowest BCUT2D eigenvalue weighted by molar-refractivity contribution is 0.0642. The van der Waals surface area contributed by atoms with E-state index >= 15 is 0 Å². The van der Waals surface area contributed by atoms with Gasteiger partial charge in [-0.25, -0.2) is 0 Å². The first-order chi connectivity index (χ1) is 13.1. The Labute approximate surface area is 181 Å². The average molecular weight is 437 g/mol. The van der Waals surface area contributed by atoms with Crippen molar-refractivity contribution in [2.45, 2.75) is 25.4 Å². The monoisotopic (exact) mass is 436 g/mol. The molecule has 154 valence electrons. The van der Waals surface area contributed by atoms with Crippen LogP contribution in [0.5, 0.6) is 0 Å². The number of nitrogens with one attached hydrogen (secondary N) is 2. The van der Waals surface area contributed by atoms with Gasteiger partial charge in [0.05, 0.1) is 17.7 Å². The number of halogens is 2. The highest BCUT2D eigenvalue weighted by molar-refractivity contribution is 6.22. The number of fused-ring (bicyclic) bond motifs is 1. The number of hydrogen-bond acceptors (Lipinski definition) is 5. The van der Waals surface area contributed by atoms with Crippen molar-refractivity contribution in [2.75, 3.05) is 13.1 Å². The van der Waals surface area contributed by atoms with Crippen LogP contribution in [-0.2, 0) is 6.54 Å². The summed E-state index contributed by atoms with van der Waals surface area (Å²) in [5, 5.41) is 6.21. The fraction of sp³-hybridized carbons (Fsp3) is 0.300. The minimum atomic E-state index is -0.376. The number of pyridine rings is 1. The Morgan fingerprint density at radius 1 is 1.10 bits per heavy atom. The molecule has 3 heterocycles. The smallest absolute Gasteiger partial charge is 0.261 e. The molecule has 0 radical (unpaired) electrons. The van der Waals surface area contributed by atoms with E-state index in [-0.39, 0.29) is 54.6 Å². The van der Waals surface area contributed by atoms with Gasteiger partial charge in [-0.1, -0.05) is 0 Å². The Morgan fingerprint density at radius 3 is 2.52 bits per heavy atom. The number of imide groups is 1. The molecule has 1 atom stereocenters. The second kappa shape index (κ2) is 9.82. The zero-order valence-electron chi connectivity index (χ0n) is 15.6. The predicted molar refractivity (Wildman–Crippen MR) is 113 cm³/mol. The van der Waals surface area contributed by atoms with Crippen LogP contribution in [0.3, 0.4) is 0 Å². The molecule has 2 N–H and O–H groups in total. The minimum Gasteiger partial charge on any atom is -0.350 e. The first-order valence-corrected chi connectivity index (χ1v) is 9.04. The second-order valence-electron chi connectivity index (χ2n) is 6.82. The molecule has 2 aliphatic rings. The summed E-state index contributed by atoms with van der Waals surface area (Å²) in [6.45, 7) is 1.71. The molecule has 0 saturated carbocycles. The van der Waals surface area contributed by atoms with E-state index < -0.39 is 0 Å². The first-order valence-electron chi connectivity index (χ1n) is 9.04. The van der Waals surface area contributed by atoms with Gasteiger partial charge in [0, 0.05) is 30.5 Å². The van der Waals surface area contributed by atoms with Gasteiger partial charge in [0.15, 0.2) is 0 Å². The van der Waals surface area contributed by atoms with Gasteiger partial charge < -0.3 is 10.6 Å². The highest BCUT2D eigenvalue weighted by Crippen LogP contribution is 2.25. The van der Waals surface area contributed by atoms with Gasteiger partial charge in [-0.05, 0) is 55.3 Å². The third-order valence-corrected chi connectivity index (χ3v) is 4.99. The number of hydrogen-bond donors (Lipinski definition) is 2. The lowest BCUT2D eigenvalue weighted by atomic mass is 10.1. The van der Waals surface area contributed by atoms with Crippen LogP contribution in [0.1, 0.15) is 49.5 Å². The molecule has 2 aliphatic heterocycles. The summed E-state index contributed by atoms with van der Waals surface area (Å²) in [4.78, 5) is 42.8. The van der Waals surface area contributed by atoms with Crippen LogP contribution in [0, 0.1) is 0 Å². The van der Waals surface area contributed by atoms with Gasteiger partial charge in [0.1, 0.15) is 0 Å². The number of amides is 3. The number of carbonyl (C=O) groups excluding carboxylic acids is 3. The third-order valence-electron chi connectivity index (χ3n) is 4.99. The maximum atomic E-state index is 12.7.